The molecular weight excluding hydrogens is 306 g/mol. The number of aromatic nitrogens is 3. The van der Waals surface area contributed by atoms with E-state index in [-0.39, 0.29) is 11.6 Å². The summed E-state index contributed by atoms with van der Waals surface area (Å²) in [5.74, 6) is 2.00. The zero-order chi connectivity index (χ0) is 16.4. The SMILES string of the molecule is CC1OCCC1c1nc(NCC2(N3CCCC3)CCOCC2)n[nH]1. The van der Waals surface area contributed by atoms with Crippen molar-refractivity contribution >= 4 is 5.95 Å². The molecule has 24 heavy (non-hydrogen) atoms. The van der Waals surface area contributed by atoms with Crippen molar-refractivity contribution < 1.29 is 9.47 Å². The fourth-order valence-electron chi connectivity index (χ4n) is 4.40. The number of anilines is 1. The van der Waals surface area contributed by atoms with Crippen LogP contribution in [0.2, 0.25) is 0 Å². The van der Waals surface area contributed by atoms with Crippen LogP contribution < -0.4 is 5.32 Å². The second-order valence-electron chi connectivity index (χ2n) is 7.40. The lowest BCUT2D eigenvalue weighted by molar-refractivity contribution is -0.0120. The molecule has 4 heterocycles. The number of nitrogens with one attached hydrogen (secondary N) is 2. The van der Waals surface area contributed by atoms with E-state index in [0.717, 1.165) is 51.5 Å². The first-order valence-corrected chi connectivity index (χ1v) is 9.37. The van der Waals surface area contributed by atoms with Crippen LogP contribution in [0.1, 0.15) is 50.8 Å². The van der Waals surface area contributed by atoms with E-state index in [1.807, 2.05) is 0 Å². The number of hydrogen-bond donors (Lipinski definition) is 2. The van der Waals surface area contributed by atoms with Crippen LogP contribution in [0.5, 0.6) is 0 Å². The van der Waals surface area contributed by atoms with E-state index in [1.165, 1.54) is 25.9 Å². The third-order valence-corrected chi connectivity index (χ3v) is 6.01. The molecule has 0 spiro atoms. The van der Waals surface area contributed by atoms with Crippen LogP contribution in [0.25, 0.3) is 0 Å². The molecule has 0 saturated carbocycles. The maximum Gasteiger partial charge on any atom is 0.242 e. The number of nitrogens with zero attached hydrogens (tertiary/aromatic N) is 3. The topological polar surface area (TPSA) is 75.3 Å². The Balaban J connectivity index is 1.41. The summed E-state index contributed by atoms with van der Waals surface area (Å²) in [5.41, 5.74) is 0.194. The Morgan fingerprint density at radius 3 is 2.75 bits per heavy atom. The molecule has 134 valence electrons. The zero-order valence-corrected chi connectivity index (χ0v) is 14.6. The van der Waals surface area contributed by atoms with Crippen molar-refractivity contribution in [3.63, 3.8) is 0 Å². The van der Waals surface area contributed by atoms with E-state index in [4.69, 9.17) is 9.47 Å². The minimum absolute atomic E-state index is 0.194. The van der Waals surface area contributed by atoms with Gasteiger partial charge in [-0.3, -0.25) is 10.00 Å². The number of hydrogen-bond acceptors (Lipinski definition) is 6. The predicted octanol–water partition coefficient (Wildman–Crippen LogP) is 1.75. The van der Waals surface area contributed by atoms with Crippen molar-refractivity contribution in [2.75, 3.05) is 44.8 Å². The van der Waals surface area contributed by atoms with Gasteiger partial charge in [-0.2, -0.15) is 4.98 Å². The smallest absolute Gasteiger partial charge is 0.242 e. The first kappa shape index (κ1) is 16.3. The van der Waals surface area contributed by atoms with Crippen molar-refractivity contribution in [3.8, 4) is 0 Å². The molecule has 3 aliphatic heterocycles. The van der Waals surface area contributed by atoms with Crippen LogP contribution in [0.15, 0.2) is 0 Å². The maximum atomic E-state index is 5.64. The van der Waals surface area contributed by atoms with Crippen molar-refractivity contribution in [3.05, 3.63) is 5.82 Å². The molecule has 0 aromatic carbocycles. The normalized spacial score (nSPS) is 30.7. The molecule has 3 aliphatic rings. The molecule has 1 aromatic heterocycles. The highest BCUT2D eigenvalue weighted by atomic mass is 16.5. The highest BCUT2D eigenvalue weighted by molar-refractivity contribution is 5.26. The fraction of sp³-hybridized carbons (Fsp3) is 0.882. The quantitative estimate of drug-likeness (QED) is 0.854. The Labute approximate surface area is 143 Å². The molecule has 0 bridgehead atoms. The molecule has 2 atom stereocenters. The molecule has 2 N–H and O–H groups in total. The van der Waals surface area contributed by atoms with Gasteiger partial charge in [0.1, 0.15) is 5.82 Å². The fourth-order valence-corrected chi connectivity index (χ4v) is 4.40. The minimum atomic E-state index is 0.194. The average Bonchev–Trinajstić information content (AvgIpc) is 3.35. The van der Waals surface area contributed by atoms with Crippen LogP contribution in [0.4, 0.5) is 5.95 Å². The van der Waals surface area contributed by atoms with E-state index < -0.39 is 0 Å². The van der Waals surface area contributed by atoms with E-state index in [0.29, 0.717) is 11.9 Å². The zero-order valence-electron chi connectivity index (χ0n) is 14.6. The Bertz CT molecular complexity index is 537. The van der Waals surface area contributed by atoms with Gasteiger partial charge in [0.2, 0.25) is 5.95 Å². The number of likely N-dealkylation sites (tertiary alicyclic amines) is 1. The van der Waals surface area contributed by atoms with E-state index in [1.54, 1.807) is 0 Å². The molecule has 0 radical (unpaired) electrons. The van der Waals surface area contributed by atoms with E-state index in [9.17, 15) is 0 Å². The number of H-pyrrole nitrogens is 1. The lowest BCUT2D eigenvalue weighted by atomic mass is 9.88. The summed E-state index contributed by atoms with van der Waals surface area (Å²) in [6, 6.07) is 0. The Hall–Kier alpha value is -1.18. The molecule has 2 unspecified atom stereocenters. The van der Waals surface area contributed by atoms with Gasteiger partial charge < -0.3 is 14.8 Å². The summed E-state index contributed by atoms with van der Waals surface area (Å²) in [6.45, 7) is 7.94. The largest absolute Gasteiger partial charge is 0.381 e. The standard InChI is InChI=1S/C17H29N5O2/c1-13-14(4-9-24-13)15-19-16(21-20-15)18-12-17(5-10-23-11-6-17)22-7-2-3-8-22/h13-14H,2-12H2,1H3,(H2,18,19,20,21). The van der Waals surface area contributed by atoms with Gasteiger partial charge in [-0.15, -0.1) is 5.10 Å². The highest BCUT2D eigenvalue weighted by Crippen LogP contribution is 2.32. The molecule has 7 nitrogen and oxygen atoms in total. The van der Waals surface area contributed by atoms with Gasteiger partial charge in [-0.05, 0) is 52.1 Å². The van der Waals surface area contributed by atoms with E-state index >= 15 is 0 Å². The van der Waals surface area contributed by atoms with Crippen LogP contribution in [-0.4, -0.2) is 71.2 Å². The maximum absolute atomic E-state index is 5.64. The van der Waals surface area contributed by atoms with Crippen molar-refractivity contribution in [2.24, 2.45) is 0 Å². The third kappa shape index (κ3) is 3.17. The van der Waals surface area contributed by atoms with Gasteiger partial charge in [0.15, 0.2) is 0 Å². The molecular formula is C17H29N5O2. The second kappa shape index (κ2) is 6.98. The Morgan fingerprint density at radius 1 is 1.25 bits per heavy atom. The lowest BCUT2D eigenvalue weighted by Gasteiger charge is -2.44. The van der Waals surface area contributed by atoms with Crippen molar-refractivity contribution in [1.29, 1.82) is 0 Å². The summed E-state index contributed by atoms with van der Waals surface area (Å²) < 4.78 is 11.3. The minimum Gasteiger partial charge on any atom is -0.381 e. The first-order chi connectivity index (χ1) is 11.8. The average molecular weight is 335 g/mol. The number of aromatic amines is 1. The van der Waals surface area contributed by atoms with Crippen LogP contribution in [-0.2, 0) is 9.47 Å². The van der Waals surface area contributed by atoms with Gasteiger partial charge in [-0.25, -0.2) is 0 Å². The van der Waals surface area contributed by atoms with Crippen LogP contribution in [0, 0.1) is 0 Å². The Kier molecular flexibility index (Phi) is 4.74. The third-order valence-electron chi connectivity index (χ3n) is 6.01. The summed E-state index contributed by atoms with van der Waals surface area (Å²) >= 11 is 0. The number of ether oxygens (including phenoxy) is 2. The van der Waals surface area contributed by atoms with Gasteiger partial charge >= 0.3 is 0 Å². The summed E-state index contributed by atoms with van der Waals surface area (Å²) in [4.78, 5) is 7.33. The van der Waals surface area contributed by atoms with Gasteiger partial charge in [0, 0.05) is 37.8 Å². The molecule has 0 aliphatic carbocycles. The van der Waals surface area contributed by atoms with Gasteiger partial charge in [0.25, 0.3) is 0 Å². The monoisotopic (exact) mass is 335 g/mol. The van der Waals surface area contributed by atoms with Gasteiger partial charge in [0.05, 0.1) is 6.10 Å². The Morgan fingerprint density at radius 2 is 2.04 bits per heavy atom. The highest BCUT2D eigenvalue weighted by Gasteiger charge is 2.39. The van der Waals surface area contributed by atoms with Crippen molar-refractivity contribution in [1.82, 2.24) is 20.1 Å². The molecule has 4 rings (SSSR count). The van der Waals surface area contributed by atoms with Crippen molar-refractivity contribution in [2.45, 2.75) is 56.6 Å². The molecule has 3 fully saturated rings. The molecule has 0 amide bonds. The number of rotatable bonds is 5. The van der Waals surface area contributed by atoms with Crippen LogP contribution >= 0.6 is 0 Å². The molecule has 1 aromatic rings. The summed E-state index contributed by atoms with van der Waals surface area (Å²) in [5, 5.41) is 11.0. The van der Waals surface area contributed by atoms with Gasteiger partial charge in [-0.1, -0.05) is 0 Å². The summed E-state index contributed by atoms with van der Waals surface area (Å²) in [6.07, 6.45) is 6.04. The molecule has 7 heteroatoms. The predicted molar refractivity (Wildman–Crippen MR) is 91.2 cm³/mol. The second-order valence-corrected chi connectivity index (χ2v) is 7.40. The lowest BCUT2D eigenvalue weighted by Crippen LogP contribution is -2.55. The van der Waals surface area contributed by atoms with Crippen LogP contribution in [0.3, 0.4) is 0 Å². The van der Waals surface area contributed by atoms with E-state index in [2.05, 4.69) is 32.3 Å². The first-order valence-electron chi connectivity index (χ1n) is 9.37. The molecule has 3 saturated heterocycles. The summed E-state index contributed by atoms with van der Waals surface area (Å²) in [7, 11) is 0.